The molecule has 138 valence electrons. The molecule has 27 heavy (non-hydrogen) atoms. The molecule has 0 radical (unpaired) electrons. The zero-order valence-electron chi connectivity index (χ0n) is 14.5. The Morgan fingerprint density at radius 3 is 2.93 bits per heavy atom. The lowest BCUT2D eigenvalue weighted by atomic mass is 10.1. The van der Waals surface area contributed by atoms with E-state index >= 15 is 0 Å². The highest BCUT2D eigenvalue weighted by atomic mass is 32.2. The van der Waals surface area contributed by atoms with Crippen LogP contribution in [0.5, 0.6) is 0 Å². The molecule has 2 N–H and O–H groups in total. The lowest BCUT2D eigenvalue weighted by Crippen LogP contribution is -2.24. The molecule has 0 fully saturated rings. The molecule has 3 heterocycles. The van der Waals surface area contributed by atoms with Gasteiger partial charge in [-0.15, -0.1) is 23.1 Å². The van der Waals surface area contributed by atoms with Crippen LogP contribution in [0.3, 0.4) is 0 Å². The van der Waals surface area contributed by atoms with Gasteiger partial charge in [0.05, 0.1) is 11.8 Å². The number of anilines is 1. The SMILES string of the molecule is CC(=O)NCc1ccc(-c2csc(NC(=O)C3Cc4ccccc4S3)n2)o1. The molecular weight excluding hydrogens is 382 g/mol. The average molecular weight is 399 g/mol. The zero-order chi connectivity index (χ0) is 18.8. The number of aromatic nitrogens is 1. The van der Waals surface area contributed by atoms with Crippen molar-refractivity contribution in [3.63, 3.8) is 0 Å². The molecular formula is C19H17N3O3S2. The molecule has 0 saturated heterocycles. The first-order chi connectivity index (χ1) is 13.1. The third kappa shape index (κ3) is 4.06. The molecule has 4 rings (SSSR count). The number of thioether (sulfide) groups is 1. The predicted octanol–water partition coefficient (Wildman–Crippen LogP) is 3.69. The fourth-order valence-electron chi connectivity index (χ4n) is 2.78. The number of nitrogens with zero attached hydrogens (tertiary/aromatic N) is 1. The molecule has 0 saturated carbocycles. The van der Waals surface area contributed by atoms with Crippen LogP contribution in [0, 0.1) is 0 Å². The fourth-order valence-corrected chi connectivity index (χ4v) is 4.68. The molecule has 0 spiro atoms. The number of fused-ring (bicyclic) bond motifs is 1. The minimum atomic E-state index is -0.136. The van der Waals surface area contributed by atoms with E-state index in [0.29, 0.717) is 28.9 Å². The van der Waals surface area contributed by atoms with Crippen LogP contribution in [-0.2, 0) is 22.6 Å². The quantitative estimate of drug-likeness (QED) is 0.683. The number of rotatable bonds is 5. The molecule has 1 unspecified atom stereocenters. The fraction of sp³-hybridized carbons (Fsp3) is 0.211. The Morgan fingerprint density at radius 1 is 1.26 bits per heavy atom. The summed E-state index contributed by atoms with van der Waals surface area (Å²) in [5.41, 5.74) is 1.87. The second-order valence-corrected chi connectivity index (χ2v) is 8.22. The van der Waals surface area contributed by atoms with Crippen molar-refractivity contribution >= 4 is 40.0 Å². The van der Waals surface area contributed by atoms with Gasteiger partial charge in [-0.3, -0.25) is 9.59 Å². The number of nitrogens with one attached hydrogen (secondary N) is 2. The molecule has 1 aliphatic heterocycles. The van der Waals surface area contributed by atoms with Gasteiger partial charge in [-0.2, -0.15) is 0 Å². The van der Waals surface area contributed by atoms with Gasteiger partial charge in [0.1, 0.15) is 11.5 Å². The molecule has 1 aliphatic rings. The number of hydrogen-bond acceptors (Lipinski definition) is 6. The van der Waals surface area contributed by atoms with E-state index in [-0.39, 0.29) is 17.1 Å². The third-order valence-corrected chi connectivity index (χ3v) is 6.17. The summed E-state index contributed by atoms with van der Waals surface area (Å²) in [7, 11) is 0. The highest BCUT2D eigenvalue weighted by Crippen LogP contribution is 2.37. The maximum atomic E-state index is 12.6. The Balaban J connectivity index is 1.38. The Labute approximate surface area is 164 Å². The molecule has 1 atom stereocenters. The minimum absolute atomic E-state index is 0.0390. The number of carbonyl (C=O) groups is 2. The summed E-state index contributed by atoms with van der Waals surface area (Å²) in [5, 5.41) is 7.84. The van der Waals surface area contributed by atoms with Crippen molar-refractivity contribution < 1.29 is 14.0 Å². The highest BCUT2D eigenvalue weighted by Gasteiger charge is 2.28. The van der Waals surface area contributed by atoms with Crippen LogP contribution in [0.25, 0.3) is 11.5 Å². The van der Waals surface area contributed by atoms with Crippen molar-refractivity contribution in [1.29, 1.82) is 0 Å². The van der Waals surface area contributed by atoms with E-state index in [1.54, 1.807) is 23.9 Å². The van der Waals surface area contributed by atoms with Crippen LogP contribution < -0.4 is 10.6 Å². The summed E-state index contributed by atoms with van der Waals surface area (Å²) >= 11 is 2.95. The number of amides is 2. The molecule has 0 bridgehead atoms. The smallest absolute Gasteiger partial charge is 0.239 e. The Bertz CT molecular complexity index is 971. The summed E-state index contributed by atoms with van der Waals surface area (Å²) in [5.74, 6) is 1.11. The Morgan fingerprint density at radius 2 is 2.11 bits per heavy atom. The number of furan rings is 1. The lowest BCUT2D eigenvalue weighted by Gasteiger charge is -2.07. The maximum Gasteiger partial charge on any atom is 0.239 e. The van der Waals surface area contributed by atoms with E-state index in [1.807, 2.05) is 23.6 Å². The van der Waals surface area contributed by atoms with Crippen LogP contribution in [-0.4, -0.2) is 22.0 Å². The van der Waals surface area contributed by atoms with Gasteiger partial charge >= 0.3 is 0 Å². The zero-order valence-corrected chi connectivity index (χ0v) is 16.2. The molecule has 2 amide bonds. The number of hydrogen-bond donors (Lipinski definition) is 2. The van der Waals surface area contributed by atoms with Crippen molar-refractivity contribution in [2.45, 2.75) is 30.0 Å². The summed E-state index contributed by atoms with van der Waals surface area (Å²) in [4.78, 5) is 29.1. The van der Waals surface area contributed by atoms with E-state index in [1.165, 1.54) is 28.7 Å². The van der Waals surface area contributed by atoms with Gasteiger partial charge in [0, 0.05) is 17.2 Å². The number of benzene rings is 1. The molecule has 3 aromatic rings. The van der Waals surface area contributed by atoms with E-state index in [0.717, 1.165) is 6.42 Å². The van der Waals surface area contributed by atoms with Gasteiger partial charge in [0.25, 0.3) is 0 Å². The first-order valence-corrected chi connectivity index (χ1v) is 10.2. The van der Waals surface area contributed by atoms with Gasteiger partial charge in [0.15, 0.2) is 10.9 Å². The van der Waals surface area contributed by atoms with Gasteiger partial charge in [-0.1, -0.05) is 18.2 Å². The maximum absolute atomic E-state index is 12.6. The van der Waals surface area contributed by atoms with Crippen LogP contribution in [0.15, 0.2) is 51.1 Å². The molecule has 8 heteroatoms. The largest absolute Gasteiger partial charge is 0.458 e. The number of carbonyl (C=O) groups excluding carboxylic acids is 2. The Kier molecular flexibility index (Phi) is 5.00. The van der Waals surface area contributed by atoms with Crippen LogP contribution >= 0.6 is 23.1 Å². The van der Waals surface area contributed by atoms with E-state index < -0.39 is 0 Å². The number of thiazole rings is 1. The predicted molar refractivity (Wildman–Crippen MR) is 106 cm³/mol. The van der Waals surface area contributed by atoms with Crippen LogP contribution in [0.1, 0.15) is 18.2 Å². The second-order valence-electron chi connectivity index (χ2n) is 6.12. The van der Waals surface area contributed by atoms with E-state index in [9.17, 15) is 9.59 Å². The topological polar surface area (TPSA) is 84.2 Å². The molecule has 6 nitrogen and oxygen atoms in total. The van der Waals surface area contributed by atoms with Gasteiger partial charge in [-0.05, 0) is 30.2 Å². The average Bonchev–Trinajstić information content (AvgIpc) is 3.38. The van der Waals surface area contributed by atoms with Gasteiger partial charge < -0.3 is 15.1 Å². The monoisotopic (exact) mass is 399 g/mol. The van der Waals surface area contributed by atoms with Crippen molar-refractivity contribution in [3.05, 3.63) is 53.1 Å². The van der Waals surface area contributed by atoms with Crippen molar-refractivity contribution in [3.8, 4) is 11.5 Å². The van der Waals surface area contributed by atoms with Crippen LogP contribution in [0.4, 0.5) is 5.13 Å². The second kappa shape index (κ2) is 7.58. The third-order valence-electron chi connectivity index (χ3n) is 4.10. The first-order valence-electron chi connectivity index (χ1n) is 8.43. The lowest BCUT2D eigenvalue weighted by molar-refractivity contribution is -0.119. The normalized spacial score (nSPS) is 15.4. The van der Waals surface area contributed by atoms with Crippen molar-refractivity contribution in [2.75, 3.05) is 5.32 Å². The Hall–Kier alpha value is -2.58. The first kappa shape index (κ1) is 17.8. The standard InChI is InChI=1S/C19H17N3O3S2/c1-11(23)20-9-13-6-7-15(25-13)14-10-26-19(21-14)22-18(24)17-8-12-4-2-3-5-16(12)27-17/h2-7,10,17H,8-9H2,1H3,(H,20,23)(H,21,22,24). The van der Waals surface area contributed by atoms with Gasteiger partial charge in [-0.25, -0.2) is 4.98 Å². The molecule has 1 aromatic carbocycles. The van der Waals surface area contributed by atoms with E-state index in [4.69, 9.17) is 4.42 Å². The molecule has 2 aromatic heterocycles. The van der Waals surface area contributed by atoms with Crippen LogP contribution in [0.2, 0.25) is 0 Å². The highest BCUT2D eigenvalue weighted by molar-refractivity contribution is 8.01. The van der Waals surface area contributed by atoms with Crippen molar-refractivity contribution in [1.82, 2.24) is 10.3 Å². The summed E-state index contributed by atoms with van der Waals surface area (Å²) < 4.78 is 5.69. The molecule has 0 aliphatic carbocycles. The minimum Gasteiger partial charge on any atom is -0.458 e. The summed E-state index contributed by atoms with van der Waals surface area (Å²) in [6.45, 7) is 1.79. The van der Waals surface area contributed by atoms with E-state index in [2.05, 4.69) is 21.7 Å². The van der Waals surface area contributed by atoms with Crippen molar-refractivity contribution in [2.24, 2.45) is 0 Å². The summed E-state index contributed by atoms with van der Waals surface area (Å²) in [6, 6.07) is 11.7. The van der Waals surface area contributed by atoms with Gasteiger partial charge in [0.2, 0.25) is 11.8 Å². The summed E-state index contributed by atoms with van der Waals surface area (Å²) in [6.07, 6.45) is 0.732.